The summed E-state index contributed by atoms with van der Waals surface area (Å²) in [5.74, 6) is 1.05. The monoisotopic (exact) mass is 224 g/mol. The lowest BCUT2D eigenvalue weighted by molar-refractivity contribution is -0.139. The topological polar surface area (TPSA) is 46.3 Å². The summed E-state index contributed by atoms with van der Waals surface area (Å²) in [4.78, 5) is 14.5. The van der Waals surface area contributed by atoms with Crippen LogP contribution in [0.2, 0.25) is 0 Å². The largest absolute Gasteiger partial charge is 0.340 e. The zero-order valence-electron chi connectivity index (χ0n) is 10.3. The fourth-order valence-electron chi connectivity index (χ4n) is 3.29. The van der Waals surface area contributed by atoms with Gasteiger partial charge in [-0.1, -0.05) is 12.8 Å². The standard InChI is InChI=1S/C13H24N2O/c1-10-5-4-8-15(10)13(16)12-7-3-2-6-11(12)9-14/h10-12H,2-9,14H2,1H3. The summed E-state index contributed by atoms with van der Waals surface area (Å²) < 4.78 is 0. The Morgan fingerprint density at radius 2 is 2.00 bits per heavy atom. The van der Waals surface area contributed by atoms with E-state index in [1.807, 2.05) is 0 Å². The van der Waals surface area contributed by atoms with Crippen molar-refractivity contribution in [2.24, 2.45) is 17.6 Å². The van der Waals surface area contributed by atoms with Gasteiger partial charge in [0.15, 0.2) is 0 Å². The van der Waals surface area contributed by atoms with Gasteiger partial charge in [0.25, 0.3) is 0 Å². The third-order valence-corrected chi connectivity index (χ3v) is 4.37. The van der Waals surface area contributed by atoms with Crippen molar-refractivity contribution in [3.63, 3.8) is 0 Å². The Bertz CT molecular complexity index is 254. The molecule has 0 aromatic rings. The fourth-order valence-corrected chi connectivity index (χ4v) is 3.29. The molecule has 3 atom stereocenters. The van der Waals surface area contributed by atoms with Crippen molar-refractivity contribution in [2.75, 3.05) is 13.1 Å². The second-order valence-corrected chi connectivity index (χ2v) is 5.41. The van der Waals surface area contributed by atoms with Crippen LogP contribution in [0, 0.1) is 11.8 Å². The third kappa shape index (κ3) is 2.24. The Labute approximate surface area is 98.4 Å². The normalized spacial score (nSPS) is 35.4. The SMILES string of the molecule is CC1CCCN1C(=O)C1CCCCC1CN. The molecule has 2 aliphatic rings. The summed E-state index contributed by atoms with van der Waals surface area (Å²) >= 11 is 0. The number of hydrogen-bond acceptors (Lipinski definition) is 2. The van der Waals surface area contributed by atoms with Crippen LogP contribution in [-0.2, 0) is 4.79 Å². The number of likely N-dealkylation sites (tertiary alicyclic amines) is 1. The summed E-state index contributed by atoms with van der Waals surface area (Å²) in [6.45, 7) is 3.82. The van der Waals surface area contributed by atoms with Crippen LogP contribution in [0.5, 0.6) is 0 Å². The van der Waals surface area contributed by atoms with Crippen LogP contribution in [-0.4, -0.2) is 29.9 Å². The van der Waals surface area contributed by atoms with Crippen LogP contribution in [0.3, 0.4) is 0 Å². The minimum atomic E-state index is 0.222. The van der Waals surface area contributed by atoms with Crippen LogP contribution in [0.15, 0.2) is 0 Å². The molecule has 1 aliphatic heterocycles. The summed E-state index contributed by atoms with van der Waals surface area (Å²) in [6, 6.07) is 0.452. The maximum Gasteiger partial charge on any atom is 0.226 e. The van der Waals surface area contributed by atoms with Gasteiger partial charge in [-0.2, -0.15) is 0 Å². The summed E-state index contributed by atoms with van der Waals surface area (Å²) in [5, 5.41) is 0. The number of hydrogen-bond donors (Lipinski definition) is 1. The second-order valence-electron chi connectivity index (χ2n) is 5.41. The van der Waals surface area contributed by atoms with Crippen molar-refractivity contribution < 1.29 is 4.79 Å². The smallest absolute Gasteiger partial charge is 0.226 e. The highest BCUT2D eigenvalue weighted by Crippen LogP contribution is 2.32. The van der Waals surface area contributed by atoms with E-state index in [0.29, 0.717) is 24.4 Å². The lowest BCUT2D eigenvalue weighted by Crippen LogP contribution is -2.43. The van der Waals surface area contributed by atoms with Crippen LogP contribution in [0.4, 0.5) is 0 Å². The maximum absolute atomic E-state index is 12.5. The van der Waals surface area contributed by atoms with Gasteiger partial charge in [-0.15, -0.1) is 0 Å². The van der Waals surface area contributed by atoms with Crippen molar-refractivity contribution in [1.82, 2.24) is 4.90 Å². The Kier molecular flexibility index (Phi) is 3.85. The highest BCUT2D eigenvalue weighted by atomic mass is 16.2. The number of carbonyl (C=O) groups excluding carboxylic acids is 1. The average Bonchev–Trinajstić information content (AvgIpc) is 2.74. The number of nitrogens with zero attached hydrogens (tertiary/aromatic N) is 1. The van der Waals surface area contributed by atoms with Crippen molar-refractivity contribution >= 4 is 5.91 Å². The Hall–Kier alpha value is -0.570. The van der Waals surface area contributed by atoms with Gasteiger partial charge < -0.3 is 10.6 Å². The molecule has 1 saturated carbocycles. The van der Waals surface area contributed by atoms with Crippen molar-refractivity contribution in [3.8, 4) is 0 Å². The molecule has 3 unspecified atom stereocenters. The van der Waals surface area contributed by atoms with E-state index in [0.717, 1.165) is 19.4 Å². The van der Waals surface area contributed by atoms with Gasteiger partial charge in [-0.05, 0) is 45.1 Å². The minimum Gasteiger partial charge on any atom is -0.340 e. The molecule has 3 heteroatoms. The highest BCUT2D eigenvalue weighted by molar-refractivity contribution is 5.79. The molecule has 1 aliphatic carbocycles. The van der Waals surface area contributed by atoms with Gasteiger partial charge in [0.1, 0.15) is 0 Å². The molecule has 0 spiro atoms. The van der Waals surface area contributed by atoms with Gasteiger partial charge in [-0.3, -0.25) is 4.79 Å². The van der Waals surface area contributed by atoms with E-state index in [1.54, 1.807) is 0 Å². The predicted octanol–water partition coefficient (Wildman–Crippen LogP) is 1.76. The summed E-state index contributed by atoms with van der Waals surface area (Å²) in [7, 11) is 0. The van der Waals surface area contributed by atoms with Crippen LogP contribution < -0.4 is 5.73 Å². The Balaban J connectivity index is 2.01. The number of carbonyl (C=O) groups is 1. The van der Waals surface area contributed by atoms with Crippen LogP contribution in [0.25, 0.3) is 0 Å². The third-order valence-electron chi connectivity index (χ3n) is 4.37. The number of rotatable bonds is 2. The van der Waals surface area contributed by atoms with Gasteiger partial charge in [0.2, 0.25) is 5.91 Å². The van der Waals surface area contributed by atoms with E-state index >= 15 is 0 Å². The lowest BCUT2D eigenvalue weighted by Gasteiger charge is -2.34. The first kappa shape index (κ1) is 11.9. The molecule has 0 aromatic carbocycles. The zero-order valence-corrected chi connectivity index (χ0v) is 10.3. The Morgan fingerprint density at radius 1 is 1.25 bits per heavy atom. The van der Waals surface area contributed by atoms with E-state index in [1.165, 1.54) is 25.7 Å². The fraction of sp³-hybridized carbons (Fsp3) is 0.923. The van der Waals surface area contributed by atoms with Gasteiger partial charge >= 0.3 is 0 Å². The molecule has 1 amide bonds. The summed E-state index contributed by atoms with van der Waals surface area (Å²) in [5.41, 5.74) is 5.79. The first-order valence-electron chi connectivity index (χ1n) is 6.74. The van der Waals surface area contributed by atoms with E-state index in [-0.39, 0.29) is 5.92 Å². The molecule has 0 radical (unpaired) electrons. The molecule has 2 N–H and O–H groups in total. The lowest BCUT2D eigenvalue weighted by atomic mass is 9.78. The molecule has 3 nitrogen and oxygen atoms in total. The van der Waals surface area contributed by atoms with Gasteiger partial charge in [0.05, 0.1) is 0 Å². The van der Waals surface area contributed by atoms with Crippen LogP contribution in [0.1, 0.15) is 45.4 Å². The molecule has 0 aromatic heterocycles. The van der Waals surface area contributed by atoms with Crippen LogP contribution >= 0.6 is 0 Å². The molecule has 2 rings (SSSR count). The van der Waals surface area contributed by atoms with Gasteiger partial charge in [0, 0.05) is 18.5 Å². The van der Waals surface area contributed by atoms with Crippen molar-refractivity contribution in [2.45, 2.75) is 51.5 Å². The molecule has 1 heterocycles. The molecule has 0 bridgehead atoms. The molecule has 16 heavy (non-hydrogen) atoms. The maximum atomic E-state index is 12.5. The summed E-state index contributed by atoms with van der Waals surface area (Å²) in [6.07, 6.45) is 7.01. The van der Waals surface area contributed by atoms with Crippen molar-refractivity contribution in [1.29, 1.82) is 0 Å². The first-order chi connectivity index (χ1) is 7.74. The molecular weight excluding hydrogens is 200 g/mol. The Morgan fingerprint density at radius 3 is 2.62 bits per heavy atom. The molecule has 2 fully saturated rings. The average molecular weight is 224 g/mol. The van der Waals surface area contributed by atoms with E-state index in [9.17, 15) is 4.79 Å². The first-order valence-corrected chi connectivity index (χ1v) is 6.74. The second kappa shape index (κ2) is 5.17. The quantitative estimate of drug-likeness (QED) is 0.777. The number of amides is 1. The minimum absolute atomic E-state index is 0.222. The van der Waals surface area contributed by atoms with E-state index in [2.05, 4.69) is 11.8 Å². The molecule has 1 saturated heterocycles. The van der Waals surface area contributed by atoms with E-state index < -0.39 is 0 Å². The molecule has 92 valence electrons. The van der Waals surface area contributed by atoms with Gasteiger partial charge in [-0.25, -0.2) is 0 Å². The zero-order chi connectivity index (χ0) is 11.5. The highest BCUT2D eigenvalue weighted by Gasteiger charge is 2.35. The predicted molar refractivity (Wildman–Crippen MR) is 64.9 cm³/mol. The molecular formula is C13H24N2O. The van der Waals surface area contributed by atoms with E-state index in [4.69, 9.17) is 5.73 Å². The number of nitrogens with two attached hydrogens (primary N) is 1. The van der Waals surface area contributed by atoms with Crippen molar-refractivity contribution in [3.05, 3.63) is 0 Å².